The summed E-state index contributed by atoms with van der Waals surface area (Å²) < 4.78 is 0. The molecule has 5 atom stereocenters. The molecule has 0 bridgehead atoms. The van der Waals surface area contributed by atoms with E-state index in [0.717, 1.165) is 29.6 Å². The Kier molecular flexibility index (Phi) is 4.47. The fraction of sp³-hybridized carbons (Fsp3) is 1.00. The van der Waals surface area contributed by atoms with Gasteiger partial charge in [0.15, 0.2) is 0 Å². The summed E-state index contributed by atoms with van der Waals surface area (Å²) in [5.74, 6) is 5.13. The zero-order valence-corrected chi connectivity index (χ0v) is 10.7. The van der Waals surface area contributed by atoms with Gasteiger partial charge in [-0.15, -0.1) is 0 Å². The molecule has 5 unspecified atom stereocenters. The lowest BCUT2D eigenvalue weighted by Crippen LogP contribution is -2.03. The Hall–Kier alpha value is 0. The van der Waals surface area contributed by atoms with Crippen LogP contribution in [0.4, 0.5) is 0 Å². The second-order valence-corrected chi connectivity index (χ2v) is 5.38. The van der Waals surface area contributed by atoms with Crippen molar-refractivity contribution in [2.75, 3.05) is 0 Å². The molecule has 0 aromatic rings. The van der Waals surface area contributed by atoms with Gasteiger partial charge in [-0.25, -0.2) is 0 Å². The molecule has 0 spiro atoms. The molecule has 0 nitrogen and oxygen atoms in total. The Morgan fingerprint density at radius 2 is 1.50 bits per heavy atom. The molecule has 0 aromatic heterocycles. The molecular weight excluding hydrogens is 168 g/mol. The summed E-state index contributed by atoms with van der Waals surface area (Å²) in [6.07, 6.45) is 5.58. The monoisotopic (exact) mass is 196 g/mol. The average Bonchev–Trinajstić information content (AvgIpc) is 2.91. The Morgan fingerprint density at radius 1 is 0.929 bits per heavy atom. The smallest absolute Gasteiger partial charge is 0.0324 e. The molecule has 0 aromatic carbocycles. The molecule has 0 radical (unpaired) electrons. The van der Waals surface area contributed by atoms with Crippen LogP contribution in [0.15, 0.2) is 0 Å². The summed E-state index contributed by atoms with van der Waals surface area (Å²) in [4.78, 5) is 0. The molecule has 84 valence electrons. The van der Waals surface area contributed by atoms with Crippen LogP contribution < -0.4 is 0 Å². The highest BCUT2D eigenvalue weighted by atomic mass is 14.6. The molecule has 1 rings (SSSR count). The van der Waals surface area contributed by atoms with Crippen molar-refractivity contribution in [1.82, 2.24) is 0 Å². The molecule has 14 heavy (non-hydrogen) atoms. The van der Waals surface area contributed by atoms with Crippen molar-refractivity contribution in [1.29, 1.82) is 0 Å². The zero-order chi connectivity index (χ0) is 10.7. The third-order valence-electron chi connectivity index (χ3n) is 4.47. The summed E-state index contributed by atoms with van der Waals surface area (Å²) in [7, 11) is 0. The van der Waals surface area contributed by atoms with E-state index in [1.54, 1.807) is 0 Å². The van der Waals surface area contributed by atoms with Crippen molar-refractivity contribution in [3.05, 3.63) is 0 Å². The van der Waals surface area contributed by atoms with Gasteiger partial charge in [0.1, 0.15) is 0 Å². The van der Waals surface area contributed by atoms with Crippen LogP contribution in [0.5, 0.6) is 0 Å². The molecule has 1 saturated carbocycles. The first-order valence-corrected chi connectivity index (χ1v) is 6.67. The zero-order valence-electron chi connectivity index (χ0n) is 10.7. The van der Waals surface area contributed by atoms with E-state index in [0.29, 0.717) is 0 Å². The summed E-state index contributed by atoms with van der Waals surface area (Å²) in [5, 5.41) is 0. The lowest BCUT2D eigenvalue weighted by molar-refractivity contribution is 0.380. The summed E-state index contributed by atoms with van der Waals surface area (Å²) in [6, 6.07) is 0. The first-order valence-electron chi connectivity index (χ1n) is 6.67. The van der Waals surface area contributed by atoms with Gasteiger partial charge in [0.05, 0.1) is 0 Å². The molecule has 0 amide bonds. The van der Waals surface area contributed by atoms with Crippen LogP contribution >= 0.6 is 0 Å². The molecule has 0 saturated heterocycles. The predicted molar refractivity (Wildman–Crippen MR) is 64.3 cm³/mol. The van der Waals surface area contributed by atoms with Gasteiger partial charge in [0.2, 0.25) is 0 Å². The van der Waals surface area contributed by atoms with Crippen molar-refractivity contribution < 1.29 is 0 Å². The van der Waals surface area contributed by atoms with Crippen LogP contribution in [-0.2, 0) is 0 Å². The van der Waals surface area contributed by atoms with Gasteiger partial charge in [-0.2, -0.15) is 0 Å². The summed E-state index contributed by atoms with van der Waals surface area (Å²) in [6.45, 7) is 12.0. The molecular formula is C14H28. The van der Waals surface area contributed by atoms with E-state index >= 15 is 0 Å². The minimum atomic E-state index is 0.962. The maximum absolute atomic E-state index is 2.47. The Balaban J connectivity index is 2.46. The van der Waals surface area contributed by atoms with Crippen LogP contribution in [-0.4, -0.2) is 0 Å². The summed E-state index contributed by atoms with van der Waals surface area (Å²) in [5.41, 5.74) is 0. The lowest BCUT2D eigenvalue weighted by atomic mass is 9.94. The molecule has 1 aliphatic rings. The first kappa shape index (κ1) is 12.1. The van der Waals surface area contributed by atoms with E-state index in [1.807, 2.05) is 0 Å². The van der Waals surface area contributed by atoms with Gasteiger partial charge in [-0.3, -0.25) is 0 Å². The largest absolute Gasteiger partial charge is 0.0654 e. The third kappa shape index (κ3) is 2.32. The van der Waals surface area contributed by atoms with Gasteiger partial charge in [-0.05, 0) is 29.6 Å². The quantitative estimate of drug-likeness (QED) is 0.575. The lowest BCUT2D eigenvalue weighted by Gasteiger charge is -2.12. The minimum absolute atomic E-state index is 0.962. The van der Waals surface area contributed by atoms with Crippen molar-refractivity contribution in [2.24, 2.45) is 29.6 Å². The first-order chi connectivity index (χ1) is 6.67. The van der Waals surface area contributed by atoms with E-state index in [2.05, 4.69) is 34.6 Å². The fourth-order valence-electron chi connectivity index (χ4n) is 3.50. The van der Waals surface area contributed by atoms with Crippen molar-refractivity contribution in [3.8, 4) is 0 Å². The number of hydrogen-bond acceptors (Lipinski definition) is 0. The Bertz CT molecular complexity index is 161. The van der Waals surface area contributed by atoms with E-state index in [9.17, 15) is 0 Å². The van der Waals surface area contributed by atoms with Gasteiger partial charge >= 0.3 is 0 Å². The normalized spacial score (nSPS) is 35.4. The average molecular weight is 196 g/mol. The number of hydrogen-bond donors (Lipinski definition) is 0. The van der Waals surface area contributed by atoms with E-state index < -0.39 is 0 Å². The minimum Gasteiger partial charge on any atom is -0.0654 e. The van der Waals surface area contributed by atoms with Crippen molar-refractivity contribution in [2.45, 2.75) is 60.3 Å². The highest BCUT2D eigenvalue weighted by Gasteiger charge is 2.52. The van der Waals surface area contributed by atoms with Crippen LogP contribution in [0.1, 0.15) is 60.3 Å². The molecule has 0 heteroatoms. The molecule has 1 fully saturated rings. The van der Waals surface area contributed by atoms with E-state index in [4.69, 9.17) is 0 Å². The van der Waals surface area contributed by atoms with Crippen LogP contribution in [0, 0.1) is 29.6 Å². The third-order valence-corrected chi connectivity index (χ3v) is 4.47. The fourth-order valence-corrected chi connectivity index (χ4v) is 3.50. The van der Waals surface area contributed by atoms with Crippen LogP contribution in [0.3, 0.4) is 0 Å². The molecule has 0 N–H and O–H groups in total. The van der Waals surface area contributed by atoms with Gasteiger partial charge < -0.3 is 0 Å². The number of rotatable bonds is 6. The molecule has 0 heterocycles. The SMILES string of the molecule is CCCC(C)C1C(CC)C1C(C)CC. The molecule has 0 aliphatic heterocycles. The Morgan fingerprint density at radius 3 is 1.93 bits per heavy atom. The highest BCUT2D eigenvalue weighted by molar-refractivity contribution is 5.00. The maximum atomic E-state index is 2.47. The highest BCUT2D eigenvalue weighted by Crippen LogP contribution is 2.58. The molecule has 1 aliphatic carbocycles. The van der Waals surface area contributed by atoms with Gasteiger partial charge in [0, 0.05) is 0 Å². The van der Waals surface area contributed by atoms with Crippen molar-refractivity contribution >= 4 is 0 Å². The maximum Gasteiger partial charge on any atom is -0.0324 e. The van der Waals surface area contributed by atoms with Crippen LogP contribution in [0.2, 0.25) is 0 Å². The van der Waals surface area contributed by atoms with E-state index in [1.165, 1.54) is 25.7 Å². The topological polar surface area (TPSA) is 0 Å². The van der Waals surface area contributed by atoms with Gasteiger partial charge in [-0.1, -0.05) is 60.3 Å². The van der Waals surface area contributed by atoms with Crippen molar-refractivity contribution in [3.63, 3.8) is 0 Å². The second kappa shape index (κ2) is 5.19. The second-order valence-electron chi connectivity index (χ2n) is 5.38. The Labute approximate surface area is 90.5 Å². The summed E-state index contributed by atoms with van der Waals surface area (Å²) >= 11 is 0. The standard InChI is InChI=1S/C14H28/c1-6-9-11(5)14-12(8-3)13(14)10(4)7-2/h10-14H,6-9H2,1-5H3. The van der Waals surface area contributed by atoms with E-state index in [-0.39, 0.29) is 0 Å². The predicted octanol–water partition coefficient (Wildman–Crippen LogP) is 4.74. The van der Waals surface area contributed by atoms with Gasteiger partial charge in [0.25, 0.3) is 0 Å². The van der Waals surface area contributed by atoms with Crippen LogP contribution in [0.25, 0.3) is 0 Å².